The van der Waals surface area contributed by atoms with Gasteiger partial charge < -0.3 is 9.73 Å². The fourth-order valence-electron chi connectivity index (χ4n) is 3.34. The number of sulfonamides is 1. The number of nitrogens with one attached hydrogen (secondary N) is 2. The van der Waals surface area contributed by atoms with Gasteiger partial charge in [-0.05, 0) is 48.4 Å². The average Bonchev–Trinajstić information content (AvgIpc) is 3.22. The summed E-state index contributed by atoms with van der Waals surface area (Å²) in [5.41, 5.74) is 3.63. The van der Waals surface area contributed by atoms with Crippen LogP contribution in [-0.4, -0.2) is 19.3 Å². The first-order valence-electron chi connectivity index (χ1n) is 10.6. The van der Waals surface area contributed by atoms with Crippen LogP contribution < -0.4 is 10.0 Å². The van der Waals surface area contributed by atoms with Gasteiger partial charge in [-0.2, -0.15) is 0 Å². The van der Waals surface area contributed by atoms with Crippen molar-refractivity contribution >= 4 is 32.7 Å². The Morgan fingerprint density at radius 1 is 1.03 bits per heavy atom. The van der Waals surface area contributed by atoms with Crippen LogP contribution in [0, 0.1) is 6.92 Å². The van der Waals surface area contributed by atoms with Gasteiger partial charge in [0.15, 0.2) is 11.5 Å². The molecular weight excluding hydrogens is 438 g/mol. The molecule has 1 aromatic heterocycles. The molecule has 4 rings (SSSR count). The topological polar surface area (TPSA) is 101 Å². The molecule has 7 nitrogen and oxygen atoms in total. The Kier molecular flexibility index (Phi) is 6.31. The first-order chi connectivity index (χ1) is 15.7. The Morgan fingerprint density at radius 3 is 2.52 bits per heavy atom. The summed E-state index contributed by atoms with van der Waals surface area (Å²) in [4.78, 5) is 17.5. The van der Waals surface area contributed by atoms with Crippen molar-refractivity contribution in [2.24, 2.45) is 0 Å². The summed E-state index contributed by atoms with van der Waals surface area (Å²) in [6.45, 7) is 5.91. The Labute approximate surface area is 192 Å². The molecule has 0 bridgehead atoms. The van der Waals surface area contributed by atoms with Crippen LogP contribution >= 0.6 is 0 Å². The highest BCUT2D eigenvalue weighted by atomic mass is 32.2. The SMILES string of the molecule is Cc1ccc(S(=O)(=O)NCc2ccccc2)cc1C(=O)Nc1ccc2oc(C(C)C)nc2c1. The van der Waals surface area contributed by atoms with Gasteiger partial charge in [-0.1, -0.05) is 50.2 Å². The van der Waals surface area contributed by atoms with Gasteiger partial charge in [-0.3, -0.25) is 4.79 Å². The zero-order valence-corrected chi connectivity index (χ0v) is 19.4. The van der Waals surface area contributed by atoms with Crippen molar-refractivity contribution in [2.45, 2.75) is 38.1 Å². The van der Waals surface area contributed by atoms with Crippen LogP contribution in [0.4, 0.5) is 5.69 Å². The zero-order chi connectivity index (χ0) is 23.6. The van der Waals surface area contributed by atoms with E-state index in [4.69, 9.17) is 4.42 Å². The molecule has 1 amide bonds. The molecule has 0 saturated heterocycles. The van der Waals surface area contributed by atoms with Crippen molar-refractivity contribution in [3.8, 4) is 0 Å². The molecular formula is C25H25N3O4S. The van der Waals surface area contributed by atoms with Gasteiger partial charge in [-0.15, -0.1) is 0 Å². The maximum Gasteiger partial charge on any atom is 0.255 e. The number of aromatic nitrogens is 1. The smallest absolute Gasteiger partial charge is 0.255 e. The molecule has 3 aromatic carbocycles. The number of oxazole rings is 1. The third kappa shape index (κ3) is 5.13. The molecule has 2 N–H and O–H groups in total. The van der Waals surface area contributed by atoms with Gasteiger partial charge in [0.1, 0.15) is 5.52 Å². The predicted octanol–water partition coefficient (Wildman–Crippen LogP) is 4.99. The van der Waals surface area contributed by atoms with E-state index in [2.05, 4.69) is 15.0 Å². The highest BCUT2D eigenvalue weighted by Crippen LogP contribution is 2.24. The number of anilines is 1. The number of nitrogens with zero attached hydrogens (tertiary/aromatic N) is 1. The number of carbonyl (C=O) groups excluding carboxylic acids is 1. The van der Waals surface area contributed by atoms with Crippen molar-refractivity contribution in [3.63, 3.8) is 0 Å². The Morgan fingerprint density at radius 2 is 1.79 bits per heavy atom. The minimum Gasteiger partial charge on any atom is -0.440 e. The molecule has 0 aliphatic carbocycles. The van der Waals surface area contributed by atoms with E-state index in [1.54, 1.807) is 31.2 Å². The monoisotopic (exact) mass is 463 g/mol. The van der Waals surface area contributed by atoms with E-state index < -0.39 is 15.9 Å². The second-order valence-corrected chi connectivity index (χ2v) is 9.90. The summed E-state index contributed by atoms with van der Waals surface area (Å²) < 4.78 is 33.9. The van der Waals surface area contributed by atoms with E-state index >= 15 is 0 Å². The van der Waals surface area contributed by atoms with E-state index in [0.29, 0.717) is 28.2 Å². The number of benzene rings is 3. The minimum atomic E-state index is -3.79. The number of carbonyl (C=O) groups is 1. The summed E-state index contributed by atoms with van der Waals surface area (Å²) in [5.74, 6) is 0.378. The van der Waals surface area contributed by atoms with Crippen LogP contribution in [0.3, 0.4) is 0 Å². The summed E-state index contributed by atoms with van der Waals surface area (Å²) >= 11 is 0. The molecule has 0 saturated carbocycles. The van der Waals surface area contributed by atoms with E-state index in [-0.39, 0.29) is 22.9 Å². The van der Waals surface area contributed by atoms with Crippen LogP contribution in [0.2, 0.25) is 0 Å². The lowest BCUT2D eigenvalue weighted by Gasteiger charge is -2.11. The Bertz CT molecular complexity index is 1410. The van der Waals surface area contributed by atoms with E-state index in [1.807, 2.05) is 44.2 Å². The van der Waals surface area contributed by atoms with Crippen LogP contribution in [-0.2, 0) is 16.6 Å². The normalized spacial score (nSPS) is 11.8. The molecule has 33 heavy (non-hydrogen) atoms. The number of rotatable bonds is 7. The molecule has 0 aliphatic heterocycles. The summed E-state index contributed by atoms with van der Waals surface area (Å²) in [6.07, 6.45) is 0. The van der Waals surface area contributed by atoms with Crippen LogP contribution in [0.1, 0.15) is 47.1 Å². The van der Waals surface area contributed by atoms with Crippen molar-refractivity contribution in [1.82, 2.24) is 9.71 Å². The largest absolute Gasteiger partial charge is 0.440 e. The first-order valence-corrected chi connectivity index (χ1v) is 12.1. The first kappa shape index (κ1) is 22.7. The van der Waals surface area contributed by atoms with Gasteiger partial charge in [0.25, 0.3) is 5.91 Å². The minimum absolute atomic E-state index is 0.0303. The second kappa shape index (κ2) is 9.17. The standard InChI is InChI=1S/C25H25N3O4S/c1-16(2)25-28-22-13-19(10-12-23(22)32-25)27-24(29)21-14-20(11-9-17(21)3)33(30,31)26-15-18-7-5-4-6-8-18/h4-14,16,26H,15H2,1-3H3,(H,27,29). The third-order valence-corrected chi connectivity index (χ3v) is 6.63. The molecule has 0 spiro atoms. The zero-order valence-electron chi connectivity index (χ0n) is 18.6. The van der Waals surface area contributed by atoms with Gasteiger partial charge in [0, 0.05) is 23.7 Å². The summed E-state index contributed by atoms with van der Waals surface area (Å²) in [6, 6.07) is 19.0. The van der Waals surface area contributed by atoms with Crippen molar-refractivity contribution in [1.29, 1.82) is 0 Å². The predicted molar refractivity (Wildman–Crippen MR) is 128 cm³/mol. The van der Waals surface area contributed by atoms with Gasteiger partial charge in [0.2, 0.25) is 10.0 Å². The molecule has 8 heteroatoms. The van der Waals surface area contributed by atoms with Crippen LogP contribution in [0.25, 0.3) is 11.1 Å². The number of hydrogen-bond donors (Lipinski definition) is 2. The number of aryl methyl sites for hydroxylation is 1. The van der Waals surface area contributed by atoms with E-state index in [1.165, 1.54) is 12.1 Å². The third-order valence-electron chi connectivity index (χ3n) is 5.23. The molecule has 0 atom stereocenters. The van der Waals surface area contributed by atoms with Gasteiger partial charge in [-0.25, -0.2) is 18.1 Å². The lowest BCUT2D eigenvalue weighted by molar-refractivity contribution is 0.102. The molecule has 170 valence electrons. The average molecular weight is 464 g/mol. The van der Waals surface area contributed by atoms with E-state index in [0.717, 1.165) is 5.56 Å². The highest BCUT2D eigenvalue weighted by Gasteiger charge is 2.19. The van der Waals surface area contributed by atoms with Crippen molar-refractivity contribution < 1.29 is 17.6 Å². The van der Waals surface area contributed by atoms with E-state index in [9.17, 15) is 13.2 Å². The Hall–Kier alpha value is -3.49. The van der Waals surface area contributed by atoms with Crippen LogP contribution in [0.5, 0.6) is 0 Å². The fourth-order valence-corrected chi connectivity index (χ4v) is 4.38. The maximum atomic E-state index is 13.0. The number of hydrogen-bond acceptors (Lipinski definition) is 5. The highest BCUT2D eigenvalue weighted by molar-refractivity contribution is 7.89. The molecule has 1 heterocycles. The molecule has 0 unspecified atom stereocenters. The van der Waals surface area contributed by atoms with Crippen molar-refractivity contribution in [2.75, 3.05) is 5.32 Å². The van der Waals surface area contributed by atoms with Gasteiger partial charge >= 0.3 is 0 Å². The maximum absolute atomic E-state index is 13.0. The van der Waals surface area contributed by atoms with Gasteiger partial charge in [0.05, 0.1) is 4.90 Å². The van der Waals surface area contributed by atoms with Crippen LogP contribution in [0.15, 0.2) is 76.0 Å². The number of amides is 1. The quantitative estimate of drug-likeness (QED) is 0.402. The second-order valence-electron chi connectivity index (χ2n) is 8.13. The molecule has 4 aromatic rings. The van der Waals surface area contributed by atoms with Crippen molar-refractivity contribution in [3.05, 3.63) is 89.3 Å². The molecule has 0 radical (unpaired) electrons. The fraction of sp³-hybridized carbons (Fsp3) is 0.200. The lowest BCUT2D eigenvalue weighted by Crippen LogP contribution is -2.24. The summed E-state index contributed by atoms with van der Waals surface area (Å²) in [5, 5.41) is 2.83. The molecule has 0 aliphatic rings. The lowest BCUT2D eigenvalue weighted by atomic mass is 10.1. The Balaban J connectivity index is 1.54. The number of fused-ring (bicyclic) bond motifs is 1. The molecule has 0 fully saturated rings. The summed E-state index contributed by atoms with van der Waals surface area (Å²) in [7, 11) is -3.79.